The average molecular weight is 385 g/mol. The van der Waals surface area contributed by atoms with Crippen molar-refractivity contribution in [1.29, 1.82) is 0 Å². The topological polar surface area (TPSA) is 110 Å². The molecular formula is C20H23N3O5. The minimum Gasteiger partial charge on any atom is -0.497 e. The summed E-state index contributed by atoms with van der Waals surface area (Å²) in [4.78, 5) is 37.5. The van der Waals surface area contributed by atoms with Gasteiger partial charge in [-0.2, -0.15) is 0 Å². The third kappa shape index (κ3) is 4.23. The van der Waals surface area contributed by atoms with Gasteiger partial charge >= 0.3 is 0 Å². The fourth-order valence-corrected chi connectivity index (χ4v) is 3.02. The standard InChI is InChI=1S/C20H23N3O5/c1-21-19(26)16-7-13(18(25)22-17-8-14(17)11-24)10-23(20(16)27)9-12-4-3-5-15(6-12)28-2/h3-7,10,14,17,24H,8-9,11H2,1-2H3,(H,21,26)(H,22,25)/t14-,17+/m0/s1. The molecule has 1 fully saturated rings. The van der Waals surface area contributed by atoms with E-state index in [-0.39, 0.29) is 42.1 Å². The molecule has 1 aliphatic carbocycles. The van der Waals surface area contributed by atoms with Crippen molar-refractivity contribution in [2.45, 2.75) is 19.0 Å². The van der Waals surface area contributed by atoms with Crippen molar-refractivity contribution in [2.24, 2.45) is 5.92 Å². The Bertz CT molecular complexity index is 953. The second-order valence-electron chi connectivity index (χ2n) is 6.76. The van der Waals surface area contributed by atoms with Crippen LogP contribution in [0, 0.1) is 5.92 Å². The first kappa shape index (κ1) is 19.6. The van der Waals surface area contributed by atoms with Gasteiger partial charge in [-0.15, -0.1) is 0 Å². The Morgan fingerprint density at radius 3 is 2.71 bits per heavy atom. The van der Waals surface area contributed by atoms with Crippen LogP contribution in [-0.4, -0.2) is 48.3 Å². The monoisotopic (exact) mass is 385 g/mol. The Labute approximate surface area is 162 Å². The number of aromatic nitrogens is 1. The Morgan fingerprint density at radius 1 is 1.29 bits per heavy atom. The maximum atomic E-state index is 12.7. The zero-order valence-electron chi connectivity index (χ0n) is 15.8. The number of benzene rings is 1. The van der Waals surface area contributed by atoms with Crippen LogP contribution in [0.2, 0.25) is 0 Å². The van der Waals surface area contributed by atoms with Crippen molar-refractivity contribution in [2.75, 3.05) is 20.8 Å². The highest BCUT2D eigenvalue weighted by Crippen LogP contribution is 2.29. The molecule has 148 valence electrons. The summed E-state index contributed by atoms with van der Waals surface area (Å²) in [5, 5.41) is 14.4. The van der Waals surface area contributed by atoms with E-state index in [0.29, 0.717) is 12.2 Å². The summed E-state index contributed by atoms with van der Waals surface area (Å²) >= 11 is 0. The Balaban J connectivity index is 1.94. The van der Waals surface area contributed by atoms with Gasteiger partial charge < -0.3 is 25.0 Å². The quantitative estimate of drug-likeness (QED) is 0.638. The minimum absolute atomic E-state index is 0.0176. The van der Waals surface area contributed by atoms with Gasteiger partial charge in [0.05, 0.1) is 19.2 Å². The van der Waals surface area contributed by atoms with Crippen molar-refractivity contribution in [3.63, 3.8) is 0 Å². The van der Waals surface area contributed by atoms with Crippen LogP contribution >= 0.6 is 0 Å². The molecule has 8 heteroatoms. The number of methoxy groups -OCH3 is 1. The molecule has 1 aromatic carbocycles. The van der Waals surface area contributed by atoms with E-state index in [1.165, 1.54) is 23.9 Å². The lowest BCUT2D eigenvalue weighted by Crippen LogP contribution is -2.34. The normalized spacial score (nSPS) is 17.7. The van der Waals surface area contributed by atoms with E-state index >= 15 is 0 Å². The second-order valence-corrected chi connectivity index (χ2v) is 6.76. The van der Waals surface area contributed by atoms with E-state index in [9.17, 15) is 14.4 Å². The number of hydrogen-bond acceptors (Lipinski definition) is 5. The van der Waals surface area contributed by atoms with Crippen molar-refractivity contribution in [3.05, 3.63) is 63.6 Å². The molecule has 8 nitrogen and oxygen atoms in total. The van der Waals surface area contributed by atoms with Crippen LogP contribution in [0.1, 0.15) is 32.7 Å². The highest BCUT2D eigenvalue weighted by molar-refractivity contribution is 5.99. The highest BCUT2D eigenvalue weighted by atomic mass is 16.5. The van der Waals surface area contributed by atoms with Gasteiger partial charge in [0.15, 0.2) is 0 Å². The molecule has 0 bridgehead atoms. The SMILES string of the molecule is CNC(=O)c1cc(C(=O)N[C@@H]2C[C@H]2CO)cn(Cc2cccc(OC)c2)c1=O. The summed E-state index contributed by atoms with van der Waals surface area (Å²) in [6.07, 6.45) is 2.16. The fraction of sp³-hybridized carbons (Fsp3) is 0.350. The van der Waals surface area contributed by atoms with E-state index in [1.54, 1.807) is 25.3 Å². The van der Waals surface area contributed by atoms with Crippen LogP contribution < -0.4 is 20.9 Å². The first-order valence-corrected chi connectivity index (χ1v) is 8.98. The van der Waals surface area contributed by atoms with E-state index in [2.05, 4.69) is 10.6 Å². The van der Waals surface area contributed by atoms with Gasteiger partial charge in [-0.1, -0.05) is 12.1 Å². The van der Waals surface area contributed by atoms with Crippen LogP contribution in [0.5, 0.6) is 5.75 Å². The summed E-state index contributed by atoms with van der Waals surface area (Å²) < 4.78 is 6.54. The third-order valence-corrected chi connectivity index (χ3v) is 4.78. The van der Waals surface area contributed by atoms with Crippen LogP contribution in [0.25, 0.3) is 0 Å². The van der Waals surface area contributed by atoms with E-state index in [4.69, 9.17) is 9.84 Å². The predicted octanol–water partition coefficient (Wildman–Crippen LogP) is 0.375. The molecule has 2 amide bonds. The van der Waals surface area contributed by atoms with Crippen LogP contribution in [0.3, 0.4) is 0 Å². The molecule has 2 atom stereocenters. The summed E-state index contributed by atoms with van der Waals surface area (Å²) in [5.41, 5.74) is 0.417. The van der Waals surface area contributed by atoms with Crippen LogP contribution in [-0.2, 0) is 6.54 Å². The molecule has 0 unspecified atom stereocenters. The minimum atomic E-state index is -0.557. The van der Waals surface area contributed by atoms with E-state index < -0.39 is 11.5 Å². The van der Waals surface area contributed by atoms with Crippen molar-refractivity contribution >= 4 is 11.8 Å². The van der Waals surface area contributed by atoms with E-state index in [1.807, 2.05) is 6.07 Å². The lowest BCUT2D eigenvalue weighted by atomic mass is 10.1. The Morgan fingerprint density at radius 2 is 2.07 bits per heavy atom. The average Bonchev–Trinajstić information content (AvgIpc) is 3.47. The molecule has 0 aliphatic heterocycles. The van der Waals surface area contributed by atoms with Gasteiger partial charge in [-0.25, -0.2) is 0 Å². The number of nitrogens with zero attached hydrogens (tertiary/aromatic N) is 1. The zero-order chi connectivity index (χ0) is 20.3. The molecule has 1 aromatic heterocycles. The van der Waals surface area contributed by atoms with Crippen molar-refractivity contribution in [1.82, 2.24) is 15.2 Å². The number of rotatable bonds is 7. The summed E-state index contributed by atoms with van der Waals surface area (Å²) in [6, 6.07) is 8.43. The van der Waals surface area contributed by atoms with Gasteiger partial charge in [-0.05, 0) is 30.2 Å². The van der Waals surface area contributed by atoms with Gasteiger partial charge in [0.25, 0.3) is 17.4 Å². The smallest absolute Gasteiger partial charge is 0.263 e. The van der Waals surface area contributed by atoms with Gasteiger partial charge in [-0.3, -0.25) is 14.4 Å². The number of aliphatic hydroxyl groups is 1. The van der Waals surface area contributed by atoms with Crippen LogP contribution in [0.15, 0.2) is 41.3 Å². The summed E-state index contributed by atoms with van der Waals surface area (Å²) in [5.74, 6) is -0.232. The fourth-order valence-electron chi connectivity index (χ4n) is 3.02. The third-order valence-electron chi connectivity index (χ3n) is 4.78. The van der Waals surface area contributed by atoms with Crippen LogP contribution in [0.4, 0.5) is 0 Å². The largest absolute Gasteiger partial charge is 0.497 e. The molecule has 0 saturated heterocycles. The lowest BCUT2D eigenvalue weighted by Gasteiger charge is -2.12. The first-order valence-electron chi connectivity index (χ1n) is 8.98. The summed E-state index contributed by atoms with van der Waals surface area (Å²) in [6.45, 7) is 0.202. The predicted molar refractivity (Wildman–Crippen MR) is 103 cm³/mol. The molecule has 0 radical (unpaired) electrons. The number of amides is 2. The first-order chi connectivity index (χ1) is 13.5. The van der Waals surface area contributed by atoms with Crippen molar-refractivity contribution in [3.8, 4) is 5.75 Å². The number of aliphatic hydroxyl groups excluding tert-OH is 1. The molecule has 3 N–H and O–H groups in total. The lowest BCUT2D eigenvalue weighted by molar-refractivity contribution is 0.0946. The highest BCUT2D eigenvalue weighted by Gasteiger charge is 2.37. The molecule has 3 rings (SSSR count). The molecule has 1 heterocycles. The molecule has 28 heavy (non-hydrogen) atoms. The maximum absolute atomic E-state index is 12.7. The Kier molecular flexibility index (Phi) is 5.79. The molecule has 1 saturated carbocycles. The Hall–Kier alpha value is -3.13. The zero-order valence-corrected chi connectivity index (χ0v) is 15.8. The van der Waals surface area contributed by atoms with E-state index in [0.717, 1.165) is 5.56 Å². The number of hydrogen-bond donors (Lipinski definition) is 3. The molecule has 2 aromatic rings. The van der Waals surface area contributed by atoms with Crippen molar-refractivity contribution < 1.29 is 19.4 Å². The van der Waals surface area contributed by atoms with Gasteiger partial charge in [0.2, 0.25) is 0 Å². The maximum Gasteiger partial charge on any atom is 0.263 e. The second kappa shape index (κ2) is 8.26. The number of ether oxygens (including phenoxy) is 1. The molecule has 1 aliphatic rings. The summed E-state index contributed by atoms with van der Waals surface area (Å²) in [7, 11) is 2.98. The number of nitrogens with one attached hydrogen (secondary N) is 2. The molecule has 0 spiro atoms. The molecular weight excluding hydrogens is 362 g/mol. The van der Waals surface area contributed by atoms with Gasteiger partial charge in [0.1, 0.15) is 11.3 Å². The van der Waals surface area contributed by atoms with Gasteiger partial charge in [0, 0.05) is 31.8 Å². The number of carbonyl (C=O) groups is 2. The number of pyridine rings is 1. The number of carbonyl (C=O) groups excluding carboxylic acids is 2.